The standard InChI is InChI=1S/C13H26N2O3/c1-6-7-8-11(9-14-10(2)16)15-12(17)18-13(3,4)5/h11H,6-9H2,1-5H3,(H,14,16)(H,15,17). The number of alkyl carbamates (subject to hydrolysis) is 1. The summed E-state index contributed by atoms with van der Waals surface area (Å²) in [6, 6.07) is -0.0799. The van der Waals surface area contributed by atoms with Crippen LogP contribution in [0, 0.1) is 0 Å². The molecule has 1 atom stereocenters. The van der Waals surface area contributed by atoms with Crippen molar-refractivity contribution in [2.24, 2.45) is 0 Å². The van der Waals surface area contributed by atoms with Crippen LogP contribution in [0.1, 0.15) is 53.9 Å². The van der Waals surface area contributed by atoms with E-state index in [1.165, 1.54) is 6.92 Å². The number of unbranched alkanes of at least 4 members (excludes halogenated alkanes) is 1. The van der Waals surface area contributed by atoms with E-state index >= 15 is 0 Å². The van der Waals surface area contributed by atoms with Crippen molar-refractivity contribution in [3.05, 3.63) is 0 Å². The first-order valence-electron chi connectivity index (χ1n) is 6.48. The van der Waals surface area contributed by atoms with Crippen LogP contribution in [0.5, 0.6) is 0 Å². The fourth-order valence-electron chi connectivity index (χ4n) is 1.42. The number of carbonyl (C=O) groups excluding carboxylic acids is 2. The van der Waals surface area contributed by atoms with Gasteiger partial charge in [0.15, 0.2) is 0 Å². The van der Waals surface area contributed by atoms with Crippen molar-refractivity contribution < 1.29 is 14.3 Å². The number of hydrogen-bond acceptors (Lipinski definition) is 3. The predicted molar refractivity (Wildman–Crippen MR) is 71.4 cm³/mol. The second-order valence-electron chi connectivity index (χ2n) is 5.42. The third kappa shape index (κ3) is 9.93. The molecule has 0 aliphatic carbocycles. The maximum Gasteiger partial charge on any atom is 0.407 e. The van der Waals surface area contributed by atoms with Crippen molar-refractivity contribution in [3.63, 3.8) is 0 Å². The molecule has 0 aromatic rings. The van der Waals surface area contributed by atoms with Gasteiger partial charge in [-0.15, -0.1) is 0 Å². The van der Waals surface area contributed by atoms with Gasteiger partial charge >= 0.3 is 6.09 Å². The SMILES string of the molecule is CCCCC(CNC(C)=O)NC(=O)OC(C)(C)C. The first-order valence-corrected chi connectivity index (χ1v) is 6.48. The Hall–Kier alpha value is -1.26. The van der Waals surface area contributed by atoms with Crippen LogP contribution < -0.4 is 10.6 Å². The first-order chi connectivity index (χ1) is 8.24. The molecule has 1 unspecified atom stereocenters. The number of hydrogen-bond donors (Lipinski definition) is 2. The highest BCUT2D eigenvalue weighted by Gasteiger charge is 2.19. The molecule has 0 radical (unpaired) electrons. The van der Waals surface area contributed by atoms with E-state index in [2.05, 4.69) is 17.6 Å². The van der Waals surface area contributed by atoms with Crippen LogP contribution in [0.25, 0.3) is 0 Å². The minimum atomic E-state index is -0.507. The number of rotatable bonds is 6. The molecule has 0 aromatic heterocycles. The summed E-state index contributed by atoms with van der Waals surface area (Å²) >= 11 is 0. The molecule has 0 saturated heterocycles. The lowest BCUT2D eigenvalue weighted by atomic mass is 10.1. The van der Waals surface area contributed by atoms with Gasteiger partial charge in [0.2, 0.25) is 5.91 Å². The van der Waals surface area contributed by atoms with E-state index in [4.69, 9.17) is 4.74 Å². The Kier molecular flexibility index (Phi) is 7.39. The Morgan fingerprint density at radius 3 is 2.33 bits per heavy atom. The van der Waals surface area contributed by atoms with Crippen LogP contribution >= 0.6 is 0 Å². The van der Waals surface area contributed by atoms with E-state index in [1.54, 1.807) is 0 Å². The predicted octanol–water partition coefficient (Wildman–Crippen LogP) is 2.21. The van der Waals surface area contributed by atoms with E-state index in [1.807, 2.05) is 20.8 Å². The summed E-state index contributed by atoms with van der Waals surface area (Å²) in [5.74, 6) is -0.0949. The summed E-state index contributed by atoms with van der Waals surface area (Å²) in [4.78, 5) is 22.5. The van der Waals surface area contributed by atoms with E-state index in [-0.39, 0.29) is 11.9 Å². The van der Waals surface area contributed by atoms with Crippen molar-refractivity contribution in [3.8, 4) is 0 Å². The van der Waals surface area contributed by atoms with Gasteiger partial charge in [-0.3, -0.25) is 4.79 Å². The van der Waals surface area contributed by atoms with Gasteiger partial charge in [0.1, 0.15) is 5.60 Å². The van der Waals surface area contributed by atoms with Crippen LogP contribution in [0.3, 0.4) is 0 Å². The smallest absolute Gasteiger partial charge is 0.407 e. The van der Waals surface area contributed by atoms with Crippen LogP contribution in [-0.2, 0) is 9.53 Å². The first kappa shape index (κ1) is 16.7. The Morgan fingerprint density at radius 2 is 1.89 bits per heavy atom. The van der Waals surface area contributed by atoms with Gasteiger partial charge in [-0.1, -0.05) is 19.8 Å². The number of amides is 2. The van der Waals surface area contributed by atoms with Gasteiger partial charge in [0.25, 0.3) is 0 Å². The third-order valence-electron chi connectivity index (χ3n) is 2.22. The number of nitrogens with one attached hydrogen (secondary N) is 2. The molecule has 0 spiro atoms. The van der Waals surface area contributed by atoms with E-state index in [0.717, 1.165) is 19.3 Å². The molecule has 18 heavy (non-hydrogen) atoms. The van der Waals surface area contributed by atoms with Crippen LogP contribution in [-0.4, -0.2) is 30.2 Å². The topological polar surface area (TPSA) is 67.4 Å². The minimum Gasteiger partial charge on any atom is -0.444 e. The molecule has 0 aliphatic rings. The highest BCUT2D eigenvalue weighted by molar-refractivity contribution is 5.73. The molecule has 0 bridgehead atoms. The maximum absolute atomic E-state index is 11.6. The summed E-state index contributed by atoms with van der Waals surface area (Å²) in [6.45, 7) is 9.45. The van der Waals surface area contributed by atoms with Crippen molar-refractivity contribution in [2.75, 3.05) is 6.54 Å². The fourth-order valence-corrected chi connectivity index (χ4v) is 1.42. The molecule has 0 aromatic carbocycles. The second-order valence-corrected chi connectivity index (χ2v) is 5.42. The van der Waals surface area contributed by atoms with Crippen molar-refractivity contribution in [1.29, 1.82) is 0 Å². The van der Waals surface area contributed by atoms with Gasteiger partial charge in [0, 0.05) is 19.5 Å². The summed E-state index contributed by atoms with van der Waals surface area (Å²) in [5, 5.41) is 5.50. The lowest BCUT2D eigenvalue weighted by Gasteiger charge is -2.23. The molecule has 2 N–H and O–H groups in total. The van der Waals surface area contributed by atoms with Crippen molar-refractivity contribution in [2.45, 2.75) is 65.5 Å². The summed E-state index contributed by atoms with van der Waals surface area (Å²) in [7, 11) is 0. The third-order valence-corrected chi connectivity index (χ3v) is 2.22. The summed E-state index contributed by atoms with van der Waals surface area (Å²) < 4.78 is 5.19. The van der Waals surface area contributed by atoms with Crippen LogP contribution in [0.2, 0.25) is 0 Å². The normalized spacial score (nSPS) is 12.7. The van der Waals surface area contributed by atoms with Crippen molar-refractivity contribution in [1.82, 2.24) is 10.6 Å². The molecular formula is C13H26N2O3. The lowest BCUT2D eigenvalue weighted by molar-refractivity contribution is -0.119. The highest BCUT2D eigenvalue weighted by atomic mass is 16.6. The molecule has 5 nitrogen and oxygen atoms in total. The molecule has 0 rings (SSSR count). The summed E-state index contributed by atoms with van der Waals surface area (Å²) in [5.41, 5.74) is -0.507. The van der Waals surface area contributed by atoms with E-state index < -0.39 is 11.7 Å². The van der Waals surface area contributed by atoms with E-state index in [0.29, 0.717) is 6.54 Å². The Morgan fingerprint density at radius 1 is 1.28 bits per heavy atom. The molecule has 5 heteroatoms. The molecule has 0 saturated carbocycles. The molecule has 0 heterocycles. The van der Waals surface area contributed by atoms with Crippen molar-refractivity contribution >= 4 is 12.0 Å². The van der Waals surface area contributed by atoms with Gasteiger partial charge in [-0.05, 0) is 27.2 Å². The largest absolute Gasteiger partial charge is 0.444 e. The monoisotopic (exact) mass is 258 g/mol. The Bertz CT molecular complexity index is 272. The quantitative estimate of drug-likeness (QED) is 0.767. The summed E-state index contributed by atoms with van der Waals surface area (Å²) in [6.07, 6.45) is 2.44. The zero-order valence-corrected chi connectivity index (χ0v) is 12.1. The van der Waals surface area contributed by atoms with Crippen LogP contribution in [0.4, 0.5) is 4.79 Å². The molecule has 0 aliphatic heterocycles. The van der Waals surface area contributed by atoms with Gasteiger partial charge in [-0.25, -0.2) is 4.79 Å². The average molecular weight is 258 g/mol. The fraction of sp³-hybridized carbons (Fsp3) is 0.846. The molecular weight excluding hydrogens is 232 g/mol. The maximum atomic E-state index is 11.6. The number of ether oxygens (including phenoxy) is 1. The second kappa shape index (κ2) is 7.95. The zero-order valence-electron chi connectivity index (χ0n) is 12.1. The molecule has 2 amide bonds. The van der Waals surface area contributed by atoms with Crippen LogP contribution in [0.15, 0.2) is 0 Å². The Balaban J connectivity index is 4.20. The molecule has 0 fully saturated rings. The lowest BCUT2D eigenvalue weighted by Crippen LogP contribution is -2.45. The van der Waals surface area contributed by atoms with Gasteiger partial charge < -0.3 is 15.4 Å². The minimum absolute atomic E-state index is 0.0799. The van der Waals surface area contributed by atoms with Gasteiger partial charge in [-0.2, -0.15) is 0 Å². The zero-order chi connectivity index (χ0) is 14.2. The highest BCUT2D eigenvalue weighted by Crippen LogP contribution is 2.08. The molecule has 106 valence electrons. The average Bonchev–Trinajstić information content (AvgIpc) is 2.19. The van der Waals surface area contributed by atoms with Gasteiger partial charge in [0.05, 0.1) is 0 Å². The number of carbonyl (C=O) groups is 2. The Labute approximate surface area is 110 Å². The van der Waals surface area contributed by atoms with E-state index in [9.17, 15) is 9.59 Å².